The molecule has 40 valence electrons. The summed E-state index contributed by atoms with van der Waals surface area (Å²) in [5.74, 6) is 0. The Morgan fingerprint density at radius 2 is 1.33 bits per heavy atom. The molecule has 0 aliphatic carbocycles. The second-order valence-electron chi connectivity index (χ2n) is 0.235. The first-order valence-corrected chi connectivity index (χ1v) is 2.84. The highest BCUT2D eigenvalue weighted by atomic mass is 32.5. The van der Waals surface area contributed by atoms with Gasteiger partial charge in [-0.3, -0.25) is 0 Å². The van der Waals surface area contributed by atoms with Crippen molar-refractivity contribution in [3.05, 3.63) is 0 Å². The molecule has 0 radical (unpaired) electrons. The van der Waals surface area contributed by atoms with Gasteiger partial charge < -0.3 is 5.48 Å². The molecule has 0 atom stereocenters. The molecule has 0 bridgehead atoms. The fourth-order valence-electron chi connectivity index (χ4n) is 0. The van der Waals surface area contributed by atoms with Crippen molar-refractivity contribution in [3.8, 4) is 0 Å². The van der Waals surface area contributed by atoms with Crippen LogP contribution >= 0.6 is 21.5 Å². The zero-order chi connectivity index (χ0) is 3.58. The van der Waals surface area contributed by atoms with Crippen LogP contribution in [0.5, 0.6) is 0 Å². The minimum absolute atomic E-state index is 0. The molecule has 0 aliphatic rings. The molecular formula is H5O3PS2. The second kappa shape index (κ2) is 9.06. The summed E-state index contributed by atoms with van der Waals surface area (Å²) in [4.78, 5) is 0. The standard InChI is InChI=1S/HO2PS.H2O.H2S/c1-4(2)3;;/h3H;2*1H2. The normalized spacial score (nSPS) is 4.00. The monoisotopic (exact) mass is 148 g/mol. The Hall–Kier alpha value is 0.430. The van der Waals surface area contributed by atoms with Gasteiger partial charge in [-0.15, -0.1) is 0 Å². The van der Waals surface area contributed by atoms with Gasteiger partial charge in [0.15, 0.2) is 0 Å². The Bertz CT molecular complexity index is 78.2. The van der Waals surface area contributed by atoms with Crippen molar-refractivity contribution in [1.29, 1.82) is 0 Å². The minimum Gasteiger partial charge on any atom is -0.412 e. The lowest BCUT2D eigenvalue weighted by Crippen LogP contribution is -1.28. The molecule has 6 heavy (non-hydrogen) atoms. The summed E-state index contributed by atoms with van der Waals surface area (Å²) in [5, 5.41) is 0. The molecule has 0 aromatic carbocycles. The Morgan fingerprint density at radius 3 is 1.33 bits per heavy atom. The molecule has 0 heterocycles. The van der Waals surface area contributed by atoms with Crippen molar-refractivity contribution in [3.63, 3.8) is 0 Å². The predicted octanol–water partition coefficient (Wildman–Crippen LogP) is -0.789. The summed E-state index contributed by atoms with van der Waals surface area (Å²) in [6.45, 7) is 0. The first kappa shape index (κ1) is 16.1. The van der Waals surface area contributed by atoms with E-state index in [-0.39, 0.29) is 19.0 Å². The molecule has 2 N–H and O–H groups in total. The van der Waals surface area contributed by atoms with E-state index in [1.54, 1.807) is 0 Å². The van der Waals surface area contributed by atoms with Gasteiger partial charge >= 0.3 is 0 Å². The third-order valence-electron chi connectivity index (χ3n) is 0. The van der Waals surface area contributed by atoms with Crippen LogP contribution < -0.4 is 0 Å². The van der Waals surface area contributed by atoms with Gasteiger partial charge in [0.1, 0.15) is 0 Å². The van der Waals surface area contributed by atoms with Crippen molar-refractivity contribution < 1.29 is 13.9 Å². The molecule has 0 fully saturated rings. The van der Waals surface area contributed by atoms with Gasteiger partial charge in [0.2, 0.25) is 9.88 Å². The summed E-state index contributed by atoms with van der Waals surface area (Å²) in [7, 11) is 0.173. The SMILES string of the molecule is O.O=S(=O)=P.S. The van der Waals surface area contributed by atoms with E-state index < -0.39 is 9.88 Å². The van der Waals surface area contributed by atoms with Crippen LogP contribution in [0.2, 0.25) is 0 Å². The van der Waals surface area contributed by atoms with Crippen LogP contribution in [0.25, 0.3) is 0 Å². The third kappa shape index (κ3) is 282. The van der Waals surface area contributed by atoms with E-state index in [4.69, 9.17) is 8.42 Å². The molecule has 0 aliphatic heterocycles. The summed E-state index contributed by atoms with van der Waals surface area (Å²) in [6.07, 6.45) is 0. The van der Waals surface area contributed by atoms with E-state index in [9.17, 15) is 0 Å². The summed E-state index contributed by atoms with van der Waals surface area (Å²) >= 11 is 0. The third-order valence-corrected chi connectivity index (χ3v) is 0. The lowest BCUT2D eigenvalue weighted by molar-refractivity contribution is 0.628. The van der Waals surface area contributed by atoms with Gasteiger partial charge in [-0.2, -0.15) is 21.9 Å². The van der Waals surface area contributed by atoms with Crippen molar-refractivity contribution in [2.45, 2.75) is 0 Å². The first-order chi connectivity index (χ1) is 1.73. The highest BCUT2D eigenvalue weighted by Crippen LogP contribution is 1.44. The molecule has 0 rings (SSSR count). The maximum Gasteiger partial charge on any atom is 0.231 e. The van der Waals surface area contributed by atoms with Crippen molar-refractivity contribution in [2.75, 3.05) is 0 Å². The van der Waals surface area contributed by atoms with Gasteiger partial charge in [0.05, 0.1) is 0 Å². The molecule has 0 saturated heterocycles. The Kier molecular flexibility index (Phi) is 24.3. The lowest BCUT2D eigenvalue weighted by atomic mass is 15.9. The van der Waals surface area contributed by atoms with Crippen LogP contribution in [0.1, 0.15) is 0 Å². The van der Waals surface area contributed by atoms with Crippen LogP contribution in [0, 0.1) is 0 Å². The van der Waals surface area contributed by atoms with Crippen molar-refractivity contribution in [1.82, 2.24) is 0 Å². The number of rotatable bonds is 0. The van der Waals surface area contributed by atoms with Gasteiger partial charge in [-0.05, 0) is 0 Å². The van der Waals surface area contributed by atoms with Crippen LogP contribution in [0.15, 0.2) is 0 Å². The maximum absolute atomic E-state index is 8.91. The van der Waals surface area contributed by atoms with E-state index in [1.807, 2.05) is 0 Å². The summed E-state index contributed by atoms with van der Waals surface area (Å²) in [5.41, 5.74) is 0. The van der Waals surface area contributed by atoms with E-state index in [1.165, 1.54) is 0 Å². The Morgan fingerprint density at radius 1 is 1.33 bits per heavy atom. The smallest absolute Gasteiger partial charge is 0.231 e. The van der Waals surface area contributed by atoms with Crippen molar-refractivity contribution >= 4 is 31.4 Å². The quantitative estimate of drug-likeness (QED) is 0.422. The highest BCUT2D eigenvalue weighted by molar-refractivity contribution is 7.98. The lowest BCUT2D eigenvalue weighted by Gasteiger charge is -1.18. The van der Waals surface area contributed by atoms with E-state index in [0.29, 0.717) is 0 Å². The van der Waals surface area contributed by atoms with Gasteiger partial charge in [-0.1, -0.05) is 0 Å². The second-order valence-corrected chi connectivity index (χ2v) is 1.70. The Balaban J connectivity index is -0.0000000450. The molecule has 0 amide bonds. The Labute approximate surface area is 45.9 Å². The minimum atomic E-state index is -2.06. The van der Waals surface area contributed by atoms with Crippen LogP contribution in [0.3, 0.4) is 0 Å². The van der Waals surface area contributed by atoms with Gasteiger partial charge in [-0.25, -0.2) is 0 Å². The number of hydrogen-bond donors (Lipinski definition) is 0. The molecule has 6 heteroatoms. The average molecular weight is 148 g/mol. The maximum atomic E-state index is 8.91. The highest BCUT2D eigenvalue weighted by Gasteiger charge is 1.30. The fraction of sp³-hybridized carbons (Fsp3) is 0. The molecule has 3 nitrogen and oxygen atoms in total. The average Bonchev–Trinajstić information content (AvgIpc) is 0.811. The zero-order valence-corrected chi connectivity index (χ0v) is 5.54. The summed E-state index contributed by atoms with van der Waals surface area (Å²) < 4.78 is 17.8. The van der Waals surface area contributed by atoms with Crippen LogP contribution in [-0.2, 0) is 9.88 Å². The van der Waals surface area contributed by atoms with Crippen LogP contribution in [0.4, 0.5) is 0 Å². The predicted molar refractivity (Wildman–Crippen MR) is 31.2 cm³/mol. The zero-order valence-electron chi connectivity index (χ0n) is 2.72. The summed E-state index contributed by atoms with van der Waals surface area (Å²) in [6, 6.07) is 0. The topological polar surface area (TPSA) is 65.6 Å². The van der Waals surface area contributed by atoms with Crippen LogP contribution in [-0.4, -0.2) is 13.9 Å². The fourth-order valence-corrected chi connectivity index (χ4v) is 0. The van der Waals surface area contributed by atoms with Gasteiger partial charge in [0.25, 0.3) is 0 Å². The molecule has 0 aromatic heterocycles. The van der Waals surface area contributed by atoms with E-state index in [0.717, 1.165) is 0 Å². The number of hydrogen-bond acceptors (Lipinski definition) is 2. The molecule has 0 unspecified atom stereocenters. The van der Waals surface area contributed by atoms with E-state index in [2.05, 4.69) is 8.02 Å². The molecular weight excluding hydrogens is 143 g/mol. The van der Waals surface area contributed by atoms with Crippen molar-refractivity contribution in [2.24, 2.45) is 0 Å². The van der Waals surface area contributed by atoms with E-state index >= 15 is 0 Å². The molecule has 0 spiro atoms. The molecule has 0 aromatic rings. The van der Waals surface area contributed by atoms with Gasteiger partial charge in [0, 0.05) is 8.02 Å². The largest absolute Gasteiger partial charge is 0.412 e. The first-order valence-electron chi connectivity index (χ1n) is 0.537. The molecule has 0 saturated carbocycles.